The Kier molecular flexibility index (Phi) is 3.19. The Morgan fingerprint density at radius 3 is 2.82 bits per heavy atom. The van der Waals surface area contributed by atoms with Crippen LogP contribution in [0, 0.1) is 0 Å². The molecule has 2 rings (SSSR count). The van der Waals surface area contributed by atoms with E-state index in [1.807, 2.05) is 0 Å². The fraction of sp³-hybridized carbons (Fsp3) is 0.273. The van der Waals surface area contributed by atoms with Crippen LogP contribution in [0.15, 0.2) is 18.2 Å². The number of carbonyl (C=O) groups excluding carboxylic acids is 2. The van der Waals surface area contributed by atoms with Crippen LogP contribution in [0.2, 0.25) is 5.02 Å². The molecule has 0 aromatic heterocycles. The third kappa shape index (κ3) is 2.68. The second-order valence-corrected chi connectivity index (χ2v) is 4.06. The quantitative estimate of drug-likeness (QED) is 0.638. The van der Waals surface area contributed by atoms with E-state index in [1.54, 1.807) is 0 Å². The molecule has 1 aromatic rings. The number of esters is 2. The van der Waals surface area contributed by atoms with Crippen LogP contribution in [0.25, 0.3) is 0 Å². The molecule has 1 unspecified atom stereocenters. The highest BCUT2D eigenvalue weighted by Crippen LogP contribution is 2.19. The minimum Gasteiger partial charge on any atom is -0.463 e. The number of hydrogen-bond acceptors (Lipinski definition) is 5. The number of rotatable bonds is 2. The molecule has 1 aromatic carbocycles. The Morgan fingerprint density at radius 2 is 2.24 bits per heavy atom. The van der Waals surface area contributed by atoms with Gasteiger partial charge in [-0.25, -0.2) is 9.59 Å². The number of nitrogens with two attached hydrogens (primary N) is 1. The molecule has 0 radical (unpaired) electrons. The number of hydrogen-bond donors (Lipinski definition) is 1. The summed E-state index contributed by atoms with van der Waals surface area (Å²) in [5.41, 5.74) is 6.13. The lowest BCUT2D eigenvalue weighted by Gasteiger charge is -2.08. The standard InChI is InChI=1S/C11H10ClNO4/c12-7-3-6(4-8(13)5-7)10(14)17-9-1-2-16-11(9)15/h3-5,9H,1-2,13H2. The third-order valence-corrected chi connectivity index (χ3v) is 2.51. The largest absolute Gasteiger partial charge is 0.463 e. The van der Waals surface area contributed by atoms with E-state index in [2.05, 4.69) is 4.74 Å². The second kappa shape index (κ2) is 4.63. The summed E-state index contributed by atoms with van der Waals surface area (Å²) in [7, 11) is 0. The average Bonchev–Trinajstić information content (AvgIpc) is 2.63. The maximum absolute atomic E-state index is 11.7. The van der Waals surface area contributed by atoms with Crippen LogP contribution in [0.4, 0.5) is 5.69 Å². The predicted molar refractivity (Wildman–Crippen MR) is 60.6 cm³/mol. The van der Waals surface area contributed by atoms with Gasteiger partial charge in [0.05, 0.1) is 12.2 Å². The summed E-state index contributed by atoms with van der Waals surface area (Å²) in [4.78, 5) is 22.8. The number of carbonyl (C=O) groups is 2. The number of cyclic esters (lactones) is 1. The van der Waals surface area contributed by atoms with Gasteiger partial charge < -0.3 is 15.2 Å². The van der Waals surface area contributed by atoms with Crippen LogP contribution in [-0.4, -0.2) is 24.6 Å². The predicted octanol–water partition coefficient (Wildman–Crippen LogP) is 1.39. The first-order valence-corrected chi connectivity index (χ1v) is 5.38. The molecule has 0 saturated carbocycles. The summed E-state index contributed by atoms with van der Waals surface area (Å²) in [6.45, 7) is 0.272. The van der Waals surface area contributed by atoms with Crippen molar-refractivity contribution in [2.45, 2.75) is 12.5 Å². The van der Waals surface area contributed by atoms with E-state index in [4.69, 9.17) is 22.1 Å². The SMILES string of the molecule is Nc1cc(Cl)cc(C(=O)OC2CCOC2=O)c1. The molecule has 0 aliphatic carbocycles. The van der Waals surface area contributed by atoms with Gasteiger partial charge in [0.15, 0.2) is 0 Å². The molecule has 1 aliphatic heterocycles. The Morgan fingerprint density at radius 1 is 1.47 bits per heavy atom. The van der Waals surface area contributed by atoms with Gasteiger partial charge >= 0.3 is 11.9 Å². The second-order valence-electron chi connectivity index (χ2n) is 3.62. The molecule has 0 bridgehead atoms. The lowest BCUT2D eigenvalue weighted by atomic mass is 10.2. The topological polar surface area (TPSA) is 78.6 Å². The van der Waals surface area contributed by atoms with Gasteiger partial charge in [0, 0.05) is 17.1 Å². The molecule has 1 heterocycles. The highest BCUT2D eigenvalue weighted by molar-refractivity contribution is 6.31. The normalized spacial score (nSPS) is 18.9. The average molecular weight is 256 g/mol. The van der Waals surface area contributed by atoms with E-state index in [0.717, 1.165) is 0 Å². The van der Waals surface area contributed by atoms with Crippen molar-refractivity contribution in [1.82, 2.24) is 0 Å². The van der Waals surface area contributed by atoms with Gasteiger partial charge in [-0.15, -0.1) is 0 Å². The summed E-state index contributed by atoms with van der Waals surface area (Å²) in [5, 5.41) is 0.339. The lowest BCUT2D eigenvalue weighted by molar-refractivity contribution is -0.145. The zero-order chi connectivity index (χ0) is 12.4. The Hall–Kier alpha value is -1.75. The molecule has 1 saturated heterocycles. The van der Waals surface area contributed by atoms with Gasteiger partial charge in [-0.2, -0.15) is 0 Å². The van der Waals surface area contributed by atoms with Gasteiger partial charge in [0.2, 0.25) is 6.10 Å². The zero-order valence-corrected chi connectivity index (χ0v) is 9.57. The third-order valence-electron chi connectivity index (χ3n) is 2.29. The van der Waals surface area contributed by atoms with Crippen molar-refractivity contribution in [3.8, 4) is 0 Å². The molecule has 6 heteroatoms. The highest BCUT2D eigenvalue weighted by atomic mass is 35.5. The Bertz CT molecular complexity index is 454. The first-order valence-electron chi connectivity index (χ1n) is 5.00. The van der Waals surface area contributed by atoms with Crippen molar-refractivity contribution in [2.75, 3.05) is 12.3 Å². The highest BCUT2D eigenvalue weighted by Gasteiger charge is 2.30. The summed E-state index contributed by atoms with van der Waals surface area (Å²) in [6.07, 6.45) is -0.455. The maximum Gasteiger partial charge on any atom is 0.347 e. The summed E-state index contributed by atoms with van der Waals surface area (Å²) < 4.78 is 9.67. The van der Waals surface area contributed by atoms with Crippen LogP contribution in [0.5, 0.6) is 0 Å². The van der Waals surface area contributed by atoms with Crippen molar-refractivity contribution in [3.63, 3.8) is 0 Å². The smallest absolute Gasteiger partial charge is 0.347 e. The van der Waals surface area contributed by atoms with Crippen LogP contribution in [0.3, 0.4) is 0 Å². The van der Waals surface area contributed by atoms with Crippen LogP contribution < -0.4 is 5.73 Å². The molecule has 1 aliphatic rings. The van der Waals surface area contributed by atoms with Gasteiger partial charge in [-0.1, -0.05) is 11.6 Å². The van der Waals surface area contributed by atoms with Crippen molar-refractivity contribution < 1.29 is 19.1 Å². The molecule has 1 fully saturated rings. The minimum atomic E-state index is -0.831. The fourth-order valence-electron chi connectivity index (χ4n) is 1.51. The minimum absolute atomic E-state index is 0.217. The van der Waals surface area contributed by atoms with Crippen LogP contribution >= 0.6 is 11.6 Å². The molecule has 17 heavy (non-hydrogen) atoms. The lowest BCUT2D eigenvalue weighted by Crippen LogP contribution is -2.22. The Labute approximate surface area is 102 Å². The number of halogens is 1. The van der Waals surface area contributed by atoms with E-state index in [-0.39, 0.29) is 12.2 Å². The van der Waals surface area contributed by atoms with E-state index >= 15 is 0 Å². The number of ether oxygens (including phenoxy) is 2. The van der Waals surface area contributed by atoms with Gasteiger partial charge in [0.25, 0.3) is 0 Å². The number of nitrogen functional groups attached to an aromatic ring is 1. The van der Waals surface area contributed by atoms with Crippen molar-refractivity contribution in [3.05, 3.63) is 28.8 Å². The molecule has 90 valence electrons. The summed E-state index contributed by atoms with van der Waals surface area (Å²) >= 11 is 5.76. The first kappa shape index (κ1) is 11.7. The summed E-state index contributed by atoms with van der Waals surface area (Å²) in [6, 6.07) is 4.39. The first-order chi connectivity index (χ1) is 8.06. The van der Waals surface area contributed by atoms with Crippen molar-refractivity contribution >= 4 is 29.2 Å². The Balaban J connectivity index is 2.11. The molecule has 0 amide bonds. The van der Waals surface area contributed by atoms with E-state index in [0.29, 0.717) is 17.1 Å². The number of anilines is 1. The van der Waals surface area contributed by atoms with Crippen molar-refractivity contribution in [1.29, 1.82) is 0 Å². The molecular formula is C11H10ClNO4. The van der Waals surface area contributed by atoms with Gasteiger partial charge in [-0.3, -0.25) is 0 Å². The molecule has 5 nitrogen and oxygen atoms in total. The molecule has 2 N–H and O–H groups in total. The van der Waals surface area contributed by atoms with E-state index in [1.165, 1.54) is 18.2 Å². The maximum atomic E-state index is 11.7. The monoisotopic (exact) mass is 255 g/mol. The fourth-order valence-corrected chi connectivity index (χ4v) is 1.76. The van der Waals surface area contributed by atoms with Crippen LogP contribution in [-0.2, 0) is 14.3 Å². The number of benzene rings is 1. The van der Waals surface area contributed by atoms with E-state index < -0.39 is 18.0 Å². The van der Waals surface area contributed by atoms with Crippen molar-refractivity contribution in [2.24, 2.45) is 0 Å². The molecular weight excluding hydrogens is 246 g/mol. The van der Waals surface area contributed by atoms with Crippen LogP contribution in [0.1, 0.15) is 16.8 Å². The zero-order valence-electron chi connectivity index (χ0n) is 8.81. The van der Waals surface area contributed by atoms with Gasteiger partial charge in [0.1, 0.15) is 0 Å². The van der Waals surface area contributed by atoms with Gasteiger partial charge in [-0.05, 0) is 18.2 Å². The summed E-state index contributed by atoms with van der Waals surface area (Å²) in [5.74, 6) is -1.16. The molecule has 0 spiro atoms. The van der Waals surface area contributed by atoms with E-state index in [9.17, 15) is 9.59 Å². The molecule has 1 atom stereocenters.